The first kappa shape index (κ1) is 13.2. The molecule has 100 valence electrons. The van der Waals surface area contributed by atoms with Crippen molar-refractivity contribution in [3.8, 4) is 17.2 Å². The molecular formula is C14H16N2O3. The second-order valence-electron chi connectivity index (χ2n) is 3.95. The Morgan fingerprint density at radius 2 is 2.00 bits per heavy atom. The molecule has 0 radical (unpaired) electrons. The number of ether oxygens (including phenoxy) is 2. The Balaban J connectivity index is 2.67. The second-order valence-corrected chi connectivity index (χ2v) is 3.95. The van der Waals surface area contributed by atoms with Gasteiger partial charge >= 0.3 is 0 Å². The van der Waals surface area contributed by atoms with Gasteiger partial charge in [0, 0.05) is 24.4 Å². The summed E-state index contributed by atoms with van der Waals surface area (Å²) in [5.41, 5.74) is 6.57. The van der Waals surface area contributed by atoms with Gasteiger partial charge in [0.1, 0.15) is 11.5 Å². The van der Waals surface area contributed by atoms with Crippen molar-refractivity contribution in [3.05, 3.63) is 52.4 Å². The summed E-state index contributed by atoms with van der Waals surface area (Å²) >= 11 is 0. The summed E-state index contributed by atoms with van der Waals surface area (Å²) in [6.45, 7) is 0.200. The van der Waals surface area contributed by atoms with Crippen molar-refractivity contribution in [2.24, 2.45) is 5.73 Å². The number of nitrogens with zero attached hydrogens (tertiary/aromatic N) is 1. The van der Waals surface area contributed by atoms with E-state index in [4.69, 9.17) is 15.2 Å². The van der Waals surface area contributed by atoms with Crippen molar-refractivity contribution >= 4 is 0 Å². The zero-order valence-corrected chi connectivity index (χ0v) is 10.9. The summed E-state index contributed by atoms with van der Waals surface area (Å²) in [6, 6.07) is 8.78. The Morgan fingerprint density at radius 3 is 2.63 bits per heavy atom. The highest BCUT2D eigenvalue weighted by Crippen LogP contribution is 2.26. The number of benzene rings is 1. The van der Waals surface area contributed by atoms with E-state index in [1.165, 1.54) is 4.57 Å². The zero-order chi connectivity index (χ0) is 13.8. The number of rotatable bonds is 4. The molecule has 2 aromatic rings. The number of methoxy groups -OCH3 is 2. The van der Waals surface area contributed by atoms with Gasteiger partial charge in [0.25, 0.3) is 5.56 Å². The van der Waals surface area contributed by atoms with E-state index in [9.17, 15) is 4.79 Å². The fourth-order valence-corrected chi connectivity index (χ4v) is 1.87. The lowest BCUT2D eigenvalue weighted by Gasteiger charge is -2.13. The molecule has 5 heteroatoms. The van der Waals surface area contributed by atoms with Crippen LogP contribution in [0.5, 0.6) is 11.5 Å². The number of aromatic nitrogens is 1. The fourth-order valence-electron chi connectivity index (χ4n) is 1.87. The van der Waals surface area contributed by atoms with Crippen LogP contribution in [0.2, 0.25) is 0 Å². The molecule has 19 heavy (non-hydrogen) atoms. The van der Waals surface area contributed by atoms with E-state index >= 15 is 0 Å². The van der Waals surface area contributed by atoms with Crippen LogP contribution in [0.15, 0.2) is 41.3 Å². The Kier molecular flexibility index (Phi) is 3.87. The van der Waals surface area contributed by atoms with Crippen LogP contribution in [0, 0.1) is 0 Å². The van der Waals surface area contributed by atoms with Crippen LogP contribution in [-0.2, 0) is 6.54 Å². The van der Waals surface area contributed by atoms with Crippen molar-refractivity contribution in [3.63, 3.8) is 0 Å². The molecule has 0 aliphatic rings. The molecule has 2 rings (SSSR count). The molecule has 0 aliphatic heterocycles. The maximum Gasteiger partial charge on any atom is 0.259 e. The van der Waals surface area contributed by atoms with E-state index in [-0.39, 0.29) is 12.1 Å². The van der Waals surface area contributed by atoms with E-state index in [2.05, 4.69) is 0 Å². The number of hydrogen-bond donors (Lipinski definition) is 1. The third-order valence-electron chi connectivity index (χ3n) is 2.89. The van der Waals surface area contributed by atoms with Gasteiger partial charge in [-0.25, -0.2) is 0 Å². The Labute approximate surface area is 111 Å². The van der Waals surface area contributed by atoms with Crippen LogP contribution in [-0.4, -0.2) is 18.8 Å². The lowest BCUT2D eigenvalue weighted by Crippen LogP contribution is -2.23. The monoisotopic (exact) mass is 260 g/mol. The Hall–Kier alpha value is -2.27. The van der Waals surface area contributed by atoms with E-state index in [1.54, 1.807) is 50.7 Å². The number of hydrogen-bond acceptors (Lipinski definition) is 4. The summed E-state index contributed by atoms with van der Waals surface area (Å²) < 4.78 is 12.0. The summed E-state index contributed by atoms with van der Waals surface area (Å²) in [7, 11) is 3.13. The standard InChI is InChI=1S/C14H16N2O3/c1-18-11-5-6-13(19-2)12(8-11)16-7-3-4-10(9-15)14(16)17/h3-8H,9,15H2,1-2H3. The number of nitrogens with two attached hydrogens (primary N) is 1. The summed E-state index contributed by atoms with van der Waals surface area (Å²) in [6.07, 6.45) is 1.68. The topological polar surface area (TPSA) is 66.5 Å². The minimum Gasteiger partial charge on any atom is -0.497 e. The lowest BCUT2D eigenvalue weighted by atomic mass is 10.2. The average molecular weight is 260 g/mol. The van der Waals surface area contributed by atoms with E-state index < -0.39 is 0 Å². The van der Waals surface area contributed by atoms with Gasteiger partial charge in [-0.15, -0.1) is 0 Å². The molecule has 1 heterocycles. The van der Waals surface area contributed by atoms with Crippen LogP contribution < -0.4 is 20.8 Å². The molecule has 0 aliphatic carbocycles. The van der Waals surface area contributed by atoms with Crippen LogP contribution in [0.3, 0.4) is 0 Å². The molecule has 1 aromatic heterocycles. The van der Waals surface area contributed by atoms with Crippen molar-refractivity contribution in [1.82, 2.24) is 4.57 Å². The third kappa shape index (κ3) is 2.46. The third-order valence-corrected chi connectivity index (χ3v) is 2.89. The predicted octanol–water partition coefficient (Wildman–Crippen LogP) is 1.31. The van der Waals surface area contributed by atoms with Gasteiger partial charge in [0.05, 0.1) is 19.9 Å². The van der Waals surface area contributed by atoms with Crippen molar-refractivity contribution in [2.75, 3.05) is 14.2 Å². The second kappa shape index (κ2) is 5.58. The Morgan fingerprint density at radius 1 is 1.21 bits per heavy atom. The average Bonchev–Trinajstić information content (AvgIpc) is 2.47. The zero-order valence-electron chi connectivity index (χ0n) is 10.9. The Bertz CT molecular complexity index is 635. The molecule has 5 nitrogen and oxygen atoms in total. The van der Waals surface area contributed by atoms with Crippen molar-refractivity contribution < 1.29 is 9.47 Å². The van der Waals surface area contributed by atoms with Gasteiger partial charge in [-0.05, 0) is 18.2 Å². The van der Waals surface area contributed by atoms with Crippen LogP contribution in [0.1, 0.15) is 5.56 Å². The van der Waals surface area contributed by atoms with Crippen molar-refractivity contribution in [1.29, 1.82) is 0 Å². The quantitative estimate of drug-likeness (QED) is 0.900. The molecule has 2 N–H and O–H groups in total. The predicted molar refractivity (Wildman–Crippen MR) is 73.0 cm³/mol. The normalized spacial score (nSPS) is 10.3. The van der Waals surface area contributed by atoms with E-state index in [0.717, 1.165) is 0 Å². The lowest BCUT2D eigenvalue weighted by molar-refractivity contribution is 0.401. The van der Waals surface area contributed by atoms with Crippen LogP contribution >= 0.6 is 0 Å². The van der Waals surface area contributed by atoms with Gasteiger partial charge in [0.15, 0.2) is 0 Å². The van der Waals surface area contributed by atoms with Crippen molar-refractivity contribution in [2.45, 2.75) is 6.54 Å². The molecule has 0 amide bonds. The minimum absolute atomic E-state index is 0.156. The van der Waals surface area contributed by atoms with E-state index in [1.807, 2.05) is 0 Å². The summed E-state index contributed by atoms with van der Waals surface area (Å²) in [4.78, 5) is 12.3. The molecule has 0 unspecified atom stereocenters. The molecule has 1 aromatic carbocycles. The van der Waals surface area contributed by atoms with Crippen LogP contribution in [0.25, 0.3) is 5.69 Å². The summed E-state index contributed by atoms with van der Waals surface area (Å²) in [5.74, 6) is 1.25. The highest BCUT2D eigenvalue weighted by atomic mass is 16.5. The first-order valence-corrected chi connectivity index (χ1v) is 5.84. The molecule has 0 saturated carbocycles. The molecule has 0 atom stereocenters. The van der Waals surface area contributed by atoms with Gasteiger partial charge in [-0.2, -0.15) is 0 Å². The maximum absolute atomic E-state index is 12.3. The molecular weight excluding hydrogens is 244 g/mol. The SMILES string of the molecule is COc1ccc(OC)c(-n2cccc(CN)c2=O)c1. The molecule has 0 fully saturated rings. The van der Waals surface area contributed by atoms with Crippen LogP contribution in [0.4, 0.5) is 0 Å². The van der Waals surface area contributed by atoms with Gasteiger partial charge in [-0.1, -0.05) is 6.07 Å². The van der Waals surface area contributed by atoms with Gasteiger partial charge in [0.2, 0.25) is 0 Å². The first-order valence-electron chi connectivity index (χ1n) is 5.84. The maximum atomic E-state index is 12.3. The largest absolute Gasteiger partial charge is 0.497 e. The molecule has 0 spiro atoms. The minimum atomic E-state index is -0.156. The number of pyridine rings is 1. The first-order chi connectivity index (χ1) is 9.21. The van der Waals surface area contributed by atoms with E-state index in [0.29, 0.717) is 22.7 Å². The highest BCUT2D eigenvalue weighted by Gasteiger charge is 2.10. The molecule has 0 saturated heterocycles. The smallest absolute Gasteiger partial charge is 0.259 e. The van der Waals surface area contributed by atoms with Gasteiger partial charge in [-0.3, -0.25) is 9.36 Å². The highest BCUT2D eigenvalue weighted by molar-refractivity contribution is 5.51. The summed E-state index contributed by atoms with van der Waals surface area (Å²) in [5, 5.41) is 0. The van der Waals surface area contributed by atoms with Gasteiger partial charge < -0.3 is 15.2 Å². The fraction of sp³-hybridized carbons (Fsp3) is 0.214. The molecule has 0 bridgehead atoms.